The summed E-state index contributed by atoms with van der Waals surface area (Å²) in [7, 11) is 0. The number of amides is 2. The Balaban J connectivity index is 1.48. The number of rotatable bonds is 7. The molecule has 2 amide bonds. The minimum absolute atomic E-state index is 0.0374. The molecule has 0 saturated heterocycles. The summed E-state index contributed by atoms with van der Waals surface area (Å²) in [4.78, 5) is 24.8. The molecule has 5 heteroatoms. The van der Waals surface area contributed by atoms with Crippen LogP contribution >= 0.6 is 11.6 Å². The van der Waals surface area contributed by atoms with Gasteiger partial charge in [-0.25, -0.2) is 0 Å². The lowest BCUT2D eigenvalue weighted by atomic mass is 10.1. The Bertz CT molecular complexity index is 833. The zero-order valence-corrected chi connectivity index (χ0v) is 16.5. The number of para-hydroxylation sites is 1. The van der Waals surface area contributed by atoms with Gasteiger partial charge in [0.05, 0.1) is 11.8 Å². The topological polar surface area (TPSA) is 58.2 Å². The van der Waals surface area contributed by atoms with E-state index in [2.05, 4.69) is 17.6 Å². The molecule has 142 valence electrons. The minimum Gasteiger partial charge on any atom is -0.356 e. The smallest absolute Gasteiger partial charge is 0.228 e. The highest BCUT2D eigenvalue weighted by Gasteiger charge is 2.48. The zero-order chi connectivity index (χ0) is 19.4. The number of aryl methyl sites for hydroxylation is 2. The summed E-state index contributed by atoms with van der Waals surface area (Å²) < 4.78 is 0. The number of halogens is 1. The highest BCUT2D eigenvalue weighted by atomic mass is 35.5. The van der Waals surface area contributed by atoms with Crippen molar-refractivity contribution < 1.29 is 9.59 Å². The van der Waals surface area contributed by atoms with E-state index in [0.29, 0.717) is 18.0 Å². The van der Waals surface area contributed by atoms with Crippen molar-refractivity contribution >= 4 is 29.1 Å². The van der Waals surface area contributed by atoms with E-state index in [0.717, 1.165) is 35.2 Å². The van der Waals surface area contributed by atoms with Crippen LogP contribution in [0.15, 0.2) is 42.5 Å². The van der Waals surface area contributed by atoms with Crippen LogP contribution in [0.2, 0.25) is 5.02 Å². The van der Waals surface area contributed by atoms with E-state index < -0.39 is 0 Å². The first-order valence-corrected chi connectivity index (χ1v) is 9.79. The molecule has 2 N–H and O–H groups in total. The third kappa shape index (κ3) is 4.89. The van der Waals surface area contributed by atoms with Gasteiger partial charge in [-0.3, -0.25) is 9.59 Å². The van der Waals surface area contributed by atoms with Crippen LogP contribution in [0, 0.1) is 18.8 Å². The molecule has 2 aromatic carbocycles. The molecule has 4 nitrogen and oxygen atoms in total. The SMILES string of the molecule is CCc1cccc(C)c1NC(=O)C1CC1C(=O)NCCc1ccc(Cl)cc1. The average Bonchev–Trinajstić information content (AvgIpc) is 3.46. The number of carbonyl (C=O) groups excluding carboxylic acids is 2. The summed E-state index contributed by atoms with van der Waals surface area (Å²) >= 11 is 5.87. The summed E-state index contributed by atoms with van der Waals surface area (Å²) in [6.45, 7) is 4.62. The van der Waals surface area contributed by atoms with Crippen LogP contribution in [-0.2, 0) is 22.4 Å². The molecule has 3 rings (SSSR count). The fourth-order valence-electron chi connectivity index (χ4n) is 3.30. The van der Waals surface area contributed by atoms with Crippen molar-refractivity contribution in [2.24, 2.45) is 11.8 Å². The van der Waals surface area contributed by atoms with Crippen molar-refractivity contribution in [3.05, 3.63) is 64.2 Å². The van der Waals surface area contributed by atoms with E-state index in [1.54, 1.807) is 0 Å². The Kier molecular flexibility index (Phi) is 6.17. The van der Waals surface area contributed by atoms with Gasteiger partial charge in [0, 0.05) is 17.3 Å². The monoisotopic (exact) mass is 384 g/mol. The molecule has 1 saturated carbocycles. The number of carbonyl (C=O) groups is 2. The zero-order valence-electron chi connectivity index (χ0n) is 15.7. The van der Waals surface area contributed by atoms with Crippen LogP contribution in [-0.4, -0.2) is 18.4 Å². The van der Waals surface area contributed by atoms with Gasteiger partial charge >= 0.3 is 0 Å². The molecule has 0 bridgehead atoms. The number of nitrogens with one attached hydrogen (secondary N) is 2. The third-order valence-electron chi connectivity index (χ3n) is 5.08. The van der Waals surface area contributed by atoms with Crippen LogP contribution in [0.1, 0.15) is 30.0 Å². The largest absolute Gasteiger partial charge is 0.356 e. The Morgan fingerprint density at radius 3 is 2.48 bits per heavy atom. The van der Waals surface area contributed by atoms with Gasteiger partial charge in [0.2, 0.25) is 11.8 Å². The molecule has 0 heterocycles. The van der Waals surface area contributed by atoms with Crippen molar-refractivity contribution in [1.82, 2.24) is 5.32 Å². The first kappa shape index (κ1) is 19.4. The van der Waals surface area contributed by atoms with Gasteiger partial charge in [0.15, 0.2) is 0 Å². The maximum atomic E-state index is 12.5. The van der Waals surface area contributed by atoms with Crippen molar-refractivity contribution in [2.75, 3.05) is 11.9 Å². The van der Waals surface area contributed by atoms with Gasteiger partial charge in [0.25, 0.3) is 0 Å². The standard InChI is InChI=1S/C22H25ClN2O2/c1-3-16-6-4-5-14(2)20(16)25-22(27)19-13-18(19)21(26)24-12-11-15-7-9-17(23)10-8-15/h4-10,18-19H,3,11-13H2,1-2H3,(H,24,26)(H,25,27). The number of benzene rings is 2. The normalized spacial score (nSPS) is 18.0. The maximum absolute atomic E-state index is 12.5. The van der Waals surface area contributed by atoms with Gasteiger partial charge < -0.3 is 10.6 Å². The second-order valence-corrected chi connectivity index (χ2v) is 7.50. The molecule has 27 heavy (non-hydrogen) atoms. The molecule has 0 radical (unpaired) electrons. The maximum Gasteiger partial charge on any atom is 0.228 e. The van der Waals surface area contributed by atoms with Crippen LogP contribution in [0.25, 0.3) is 0 Å². The van der Waals surface area contributed by atoms with E-state index in [9.17, 15) is 9.59 Å². The minimum atomic E-state index is -0.232. The summed E-state index contributed by atoms with van der Waals surface area (Å²) in [5, 5.41) is 6.67. The van der Waals surface area contributed by atoms with Crippen molar-refractivity contribution in [2.45, 2.75) is 33.1 Å². The number of hydrogen-bond acceptors (Lipinski definition) is 2. The molecule has 2 unspecified atom stereocenters. The van der Waals surface area contributed by atoms with E-state index >= 15 is 0 Å². The van der Waals surface area contributed by atoms with E-state index in [4.69, 9.17) is 11.6 Å². The summed E-state index contributed by atoms with van der Waals surface area (Å²) in [6, 6.07) is 13.6. The molecule has 0 aromatic heterocycles. The molecule has 0 aliphatic heterocycles. The fourth-order valence-corrected chi connectivity index (χ4v) is 3.43. The molecule has 1 aliphatic rings. The lowest BCUT2D eigenvalue weighted by Gasteiger charge is -2.13. The number of anilines is 1. The second kappa shape index (κ2) is 8.57. The first-order valence-electron chi connectivity index (χ1n) is 9.41. The van der Waals surface area contributed by atoms with Crippen molar-refractivity contribution in [1.29, 1.82) is 0 Å². The van der Waals surface area contributed by atoms with E-state index in [1.165, 1.54) is 0 Å². The fraction of sp³-hybridized carbons (Fsp3) is 0.364. The molecule has 2 atom stereocenters. The lowest BCUT2D eigenvalue weighted by Crippen LogP contribution is -2.29. The Labute approximate surface area is 165 Å². The van der Waals surface area contributed by atoms with Crippen LogP contribution in [0.4, 0.5) is 5.69 Å². The first-order chi connectivity index (χ1) is 13.0. The summed E-state index contributed by atoms with van der Waals surface area (Å²) in [5.41, 5.74) is 4.18. The van der Waals surface area contributed by atoms with Gasteiger partial charge in [-0.1, -0.05) is 48.9 Å². The van der Waals surface area contributed by atoms with Gasteiger partial charge in [0.1, 0.15) is 0 Å². The van der Waals surface area contributed by atoms with Crippen LogP contribution in [0.3, 0.4) is 0 Å². The van der Waals surface area contributed by atoms with Gasteiger partial charge in [-0.05, 0) is 55.0 Å². The summed E-state index contributed by atoms with van der Waals surface area (Å²) in [5.74, 6) is -0.546. The average molecular weight is 385 g/mol. The quantitative estimate of drug-likeness (QED) is 0.753. The predicted molar refractivity (Wildman–Crippen MR) is 109 cm³/mol. The van der Waals surface area contributed by atoms with E-state index in [-0.39, 0.29) is 23.7 Å². The van der Waals surface area contributed by atoms with Gasteiger partial charge in [-0.15, -0.1) is 0 Å². The summed E-state index contributed by atoms with van der Waals surface area (Å²) in [6.07, 6.45) is 2.22. The molecule has 1 fully saturated rings. The van der Waals surface area contributed by atoms with Crippen LogP contribution < -0.4 is 10.6 Å². The highest BCUT2D eigenvalue weighted by molar-refractivity contribution is 6.30. The van der Waals surface area contributed by atoms with Gasteiger partial charge in [-0.2, -0.15) is 0 Å². The molecule has 0 spiro atoms. The lowest BCUT2D eigenvalue weighted by molar-refractivity contribution is -0.125. The third-order valence-corrected chi connectivity index (χ3v) is 5.33. The highest BCUT2D eigenvalue weighted by Crippen LogP contribution is 2.40. The predicted octanol–water partition coefficient (Wildman–Crippen LogP) is 4.14. The Hall–Kier alpha value is -2.33. The second-order valence-electron chi connectivity index (χ2n) is 7.07. The number of hydrogen-bond donors (Lipinski definition) is 2. The van der Waals surface area contributed by atoms with Crippen LogP contribution in [0.5, 0.6) is 0 Å². The molecular weight excluding hydrogens is 360 g/mol. The van der Waals surface area contributed by atoms with E-state index in [1.807, 2.05) is 49.4 Å². The molecule has 2 aromatic rings. The van der Waals surface area contributed by atoms with Crippen molar-refractivity contribution in [3.63, 3.8) is 0 Å². The molecular formula is C22H25ClN2O2. The Morgan fingerprint density at radius 1 is 1.07 bits per heavy atom. The molecule has 1 aliphatic carbocycles. The Morgan fingerprint density at radius 2 is 1.78 bits per heavy atom. The van der Waals surface area contributed by atoms with Crippen molar-refractivity contribution in [3.8, 4) is 0 Å².